The first kappa shape index (κ1) is 30.0. The lowest BCUT2D eigenvalue weighted by molar-refractivity contribution is -0.160. The summed E-state index contributed by atoms with van der Waals surface area (Å²) >= 11 is 0. The number of piperidine rings is 1. The fourth-order valence-corrected chi connectivity index (χ4v) is 7.49. The number of nitrogens with one attached hydrogen (secondary N) is 2. The van der Waals surface area contributed by atoms with Crippen molar-refractivity contribution in [2.45, 2.75) is 69.0 Å². The van der Waals surface area contributed by atoms with Crippen LogP contribution in [0.2, 0.25) is 0 Å². The SMILES string of the molecule is CCN1CCC(C#N)(C(c2cccc(C3CC3)c2)S(=O)(=O)NC(=O)[C@@H](C)N[C@@H](c2ccccc2)C(F)(F)F)CC1. The van der Waals surface area contributed by atoms with Crippen LogP contribution in [0.5, 0.6) is 0 Å². The van der Waals surface area contributed by atoms with Crippen molar-refractivity contribution in [1.29, 1.82) is 5.26 Å². The van der Waals surface area contributed by atoms with Crippen molar-refractivity contribution in [3.63, 3.8) is 0 Å². The van der Waals surface area contributed by atoms with Crippen LogP contribution in [0.3, 0.4) is 0 Å². The van der Waals surface area contributed by atoms with Crippen molar-refractivity contribution < 1.29 is 26.4 Å². The number of benzene rings is 2. The molecule has 2 fully saturated rings. The minimum atomic E-state index is -4.72. The molecule has 1 unspecified atom stereocenters. The van der Waals surface area contributed by atoms with Crippen LogP contribution in [0.25, 0.3) is 0 Å². The van der Waals surface area contributed by atoms with Gasteiger partial charge in [-0.3, -0.25) is 14.8 Å². The number of nitriles is 1. The predicted molar refractivity (Wildman–Crippen MR) is 145 cm³/mol. The topological polar surface area (TPSA) is 102 Å². The van der Waals surface area contributed by atoms with Crippen LogP contribution in [0, 0.1) is 16.7 Å². The van der Waals surface area contributed by atoms with E-state index in [2.05, 4.69) is 16.3 Å². The average molecular weight is 577 g/mol. The largest absolute Gasteiger partial charge is 0.407 e. The molecule has 1 saturated carbocycles. The van der Waals surface area contributed by atoms with Gasteiger partial charge in [0.1, 0.15) is 11.3 Å². The van der Waals surface area contributed by atoms with Gasteiger partial charge in [-0.2, -0.15) is 18.4 Å². The highest BCUT2D eigenvalue weighted by Gasteiger charge is 2.50. The number of amides is 1. The molecule has 40 heavy (non-hydrogen) atoms. The van der Waals surface area contributed by atoms with Crippen LogP contribution in [0.15, 0.2) is 54.6 Å². The number of likely N-dealkylation sites (tertiary alicyclic amines) is 1. The minimum absolute atomic E-state index is 0.0987. The molecule has 0 radical (unpaired) electrons. The van der Waals surface area contributed by atoms with Crippen LogP contribution in [-0.4, -0.2) is 51.1 Å². The number of alkyl halides is 3. The summed E-state index contributed by atoms with van der Waals surface area (Å²) < 4.78 is 71.6. The molecule has 1 heterocycles. The summed E-state index contributed by atoms with van der Waals surface area (Å²) in [5.74, 6) is -0.785. The Morgan fingerprint density at radius 2 is 1.73 bits per heavy atom. The lowest BCUT2D eigenvalue weighted by Gasteiger charge is -2.41. The Morgan fingerprint density at radius 1 is 1.10 bits per heavy atom. The molecule has 216 valence electrons. The second kappa shape index (κ2) is 11.9. The van der Waals surface area contributed by atoms with Gasteiger partial charge in [-0.15, -0.1) is 0 Å². The van der Waals surface area contributed by atoms with E-state index in [0.29, 0.717) is 24.6 Å². The molecule has 0 spiro atoms. The first-order valence-electron chi connectivity index (χ1n) is 13.6. The summed E-state index contributed by atoms with van der Waals surface area (Å²) in [5, 5.41) is 11.3. The van der Waals surface area contributed by atoms with Crippen molar-refractivity contribution in [1.82, 2.24) is 14.9 Å². The quantitative estimate of drug-likeness (QED) is 0.415. The van der Waals surface area contributed by atoms with Gasteiger partial charge in [0.15, 0.2) is 0 Å². The number of sulfonamides is 1. The van der Waals surface area contributed by atoms with E-state index in [1.54, 1.807) is 24.3 Å². The van der Waals surface area contributed by atoms with E-state index in [1.165, 1.54) is 31.2 Å². The van der Waals surface area contributed by atoms with Crippen LogP contribution in [0.1, 0.15) is 73.4 Å². The zero-order valence-electron chi connectivity index (χ0n) is 22.6. The Bertz CT molecular complexity index is 1330. The second-order valence-electron chi connectivity index (χ2n) is 10.8. The van der Waals surface area contributed by atoms with Gasteiger partial charge in [0.25, 0.3) is 0 Å². The third kappa shape index (κ3) is 6.67. The molecular weight excluding hydrogens is 541 g/mol. The molecule has 7 nitrogen and oxygen atoms in total. The third-order valence-corrected chi connectivity index (χ3v) is 9.84. The van der Waals surface area contributed by atoms with Crippen molar-refractivity contribution >= 4 is 15.9 Å². The van der Waals surface area contributed by atoms with Crippen molar-refractivity contribution in [3.05, 3.63) is 71.3 Å². The summed E-state index contributed by atoms with van der Waals surface area (Å²) in [7, 11) is -4.53. The molecule has 1 amide bonds. The molecule has 2 aliphatic rings. The summed E-state index contributed by atoms with van der Waals surface area (Å²) in [6.45, 7) is 4.99. The number of halogens is 3. The zero-order chi connectivity index (χ0) is 29.1. The monoisotopic (exact) mass is 576 g/mol. The van der Waals surface area contributed by atoms with Crippen LogP contribution in [0.4, 0.5) is 13.2 Å². The van der Waals surface area contributed by atoms with E-state index < -0.39 is 44.9 Å². The Balaban J connectivity index is 1.64. The Hall–Kier alpha value is -2.94. The lowest BCUT2D eigenvalue weighted by Crippen LogP contribution is -2.52. The van der Waals surface area contributed by atoms with Crippen LogP contribution < -0.4 is 10.0 Å². The van der Waals surface area contributed by atoms with E-state index in [1.807, 2.05) is 17.7 Å². The highest BCUT2D eigenvalue weighted by atomic mass is 32.2. The standard InChI is InChI=1S/C29H35F3N4O3S/c1-3-36-16-14-28(19-33,15-17-36)26(24-11-7-10-23(18-24)21-12-13-21)40(38,39)35-27(37)20(2)34-25(29(30,31)32)22-8-5-4-6-9-22/h4-11,18,20-21,25-26,34H,3,12-17H2,1-2H3,(H,35,37)/t20-,25+,26?/m1/s1. The molecule has 2 N–H and O–H groups in total. The average Bonchev–Trinajstić information content (AvgIpc) is 3.77. The van der Waals surface area contributed by atoms with E-state index in [0.717, 1.165) is 24.9 Å². The molecule has 2 aromatic rings. The molecule has 1 aliphatic carbocycles. The third-order valence-electron chi connectivity index (χ3n) is 8.01. The fraction of sp³-hybridized carbons (Fsp3) is 0.517. The van der Waals surface area contributed by atoms with Crippen LogP contribution >= 0.6 is 0 Å². The second-order valence-corrected chi connectivity index (χ2v) is 12.6. The van der Waals surface area contributed by atoms with Gasteiger partial charge in [0.05, 0.1) is 17.5 Å². The maximum atomic E-state index is 14.0. The summed E-state index contributed by atoms with van der Waals surface area (Å²) in [6, 6.07) is 12.8. The molecular formula is C29H35F3N4O3S. The van der Waals surface area contributed by atoms with E-state index in [4.69, 9.17) is 0 Å². The molecule has 0 aromatic heterocycles. The van der Waals surface area contributed by atoms with E-state index in [9.17, 15) is 31.6 Å². The molecule has 3 atom stereocenters. The van der Waals surface area contributed by atoms with Crippen molar-refractivity contribution in [2.75, 3.05) is 19.6 Å². The van der Waals surface area contributed by atoms with Gasteiger partial charge in [-0.1, -0.05) is 61.5 Å². The van der Waals surface area contributed by atoms with Crippen molar-refractivity contribution in [2.24, 2.45) is 5.41 Å². The summed E-state index contributed by atoms with van der Waals surface area (Å²) in [6.07, 6.45) is -2.17. The molecule has 11 heteroatoms. The number of hydrogen-bond acceptors (Lipinski definition) is 6. The Kier molecular flexibility index (Phi) is 8.93. The highest BCUT2D eigenvalue weighted by molar-refractivity contribution is 7.90. The minimum Gasteiger partial charge on any atom is -0.303 e. The highest BCUT2D eigenvalue weighted by Crippen LogP contribution is 2.48. The van der Waals surface area contributed by atoms with Crippen molar-refractivity contribution in [3.8, 4) is 6.07 Å². The molecule has 1 aliphatic heterocycles. The van der Waals surface area contributed by atoms with Gasteiger partial charge in [0.2, 0.25) is 15.9 Å². The number of nitrogens with zero attached hydrogens (tertiary/aromatic N) is 2. The van der Waals surface area contributed by atoms with E-state index >= 15 is 0 Å². The Labute approximate surface area is 233 Å². The number of carbonyl (C=O) groups is 1. The first-order valence-corrected chi connectivity index (χ1v) is 15.1. The maximum absolute atomic E-state index is 14.0. The fourth-order valence-electron chi connectivity index (χ4n) is 5.53. The molecule has 2 aromatic carbocycles. The van der Waals surface area contributed by atoms with E-state index in [-0.39, 0.29) is 18.4 Å². The van der Waals surface area contributed by atoms with Gasteiger partial charge in [0, 0.05) is 0 Å². The number of carbonyl (C=O) groups excluding carboxylic acids is 1. The zero-order valence-corrected chi connectivity index (χ0v) is 23.4. The normalized spacial score (nSPS) is 20.2. The first-order chi connectivity index (χ1) is 18.9. The molecule has 0 bridgehead atoms. The van der Waals surface area contributed by atoms with Gasteiger partial charge >= 0.3 is 6.18 Å². The Morgan fingerprint density at radius 3 is 2.27 bits per heavy atom. The lowest BCUT2D eigenvalue weighted by atomic mass is 9.74. The summed E-state index contributed by atoms with van der Waals surface area (Å²) in [4.78, 5) is 15.3. The number of hydrogen-bond donors (Lipinski definition) is 2. The van der Waals surface area contributed by atoms with Gasteiger partial charge in [-0.25, -0.2) is 8.42 Å². The molecule has 4 rings (SSSR count). The predicted octanol–water partition coefficient (Wildman–Crippen LogP) is 4.96. The smallest absolute Gasteiger partial charge is 0.303 e. The van der Waals surface area contributed by atoms with Crippen LogP contribution in [-0.2, 0) is 14.8 Å². The maximum Gasteiger partial charge on any atom is 0.407 e. The van der Waals surface area contributed by atoms with Gasteiger partial charge in [-0.05, 0) is 74.8 Å². The molecule has 1 saturated heterocycles. The number of rotatable bonds is 10. The summed E-state index contributed by atoms with van der Waals surface area (Å²) in [5.41, 5.74) is -0.0171. The van der Waals surface area contributed by atoms with Gasteiger partial charge < -0.3 is 4.90 Å².